The molecular weight excluding hydrogens is 224 g/mol. The van der Waals surface area contributed by atoms with Crippen molar-refractivity contribution in [2.24, 2.45) is 0 Å². The van der Waals surface area contributed by atoms with Gasteiger partial charge in [-0.15, -0.1) is 0 Å². The highest BCUT2D eigenvalue weighted by Gasteiger charge is 2.25. The average Bonchev–Trinajstić information content (AvgIpc) is 2.49. The number of aromatic nitrogens is 1. The molecule has 0 unspecified atom stereocenters. The van der Waals surface area contributed by atoms with Crippen LogP contribution in [0.25, 0.3) is 0 Å². The van der Waals surface area contributed by atoms with Crippen molar-refractivity contribution in [2.45, 2.75) is 18.9 Å². The summed E-state index contributed by atoms with van der Waals surface area (Å²) in [5.74, 6) is 0. The third-order valence-electron chi connectivity index (χ3n) is 4.14. The zero-order valence-corrected chi connectivity index (χ0v) is 10.9. The quantitative estimate of drug-likeness (QED) is 0.842. The maximum Gasteiger partial charge on any atom is 0.0552 e. The molecule has 0 radical (unpaired) electrons. The van der Waals surface area contributed by atoms with Gasteiger partial charge in [-0.3, -0.25) is 9.88 Å². The molecule has 0 bridgehead atoms. The molecule has 4 nitrogen and oxygen atoms in total. The first-order chi connectivity index (χ1) is 8.93. The van der Waals surface area contributed by atoms with Crippen LogP contribution in [0.4, 0.5) is 5.69 Å². The Morgan fingerprint density at radius 1 is 1.11 bits per heavy atom. The van der Waals surface area contributed by atoms with Crippen molar-refractivity contribution in [1.29, 1.82) is 0 Å². The van der Waals surface area contributed by atoms with Crippen molar-refractivity contribution >= 4 is 5.69 Å². The highest BCUT2D eigenvalue weighted by molar-refractivity contribution is 5.43. The highest BCUT2D eigenvalue weighted by Crippen LogP contribution is 2.21. The number of hydrogen-bond acceptors (Lipinski definition) is 4. The zero-order chi connectivity index (χ0) is 12.2. The summed E-state index contributed by atoms with van der Waals surface area (Å²) in [6.45, 7) is 7.08. The Labute approximate surface area is 109 Å². The summed E-state index contributed by atoms with van der Waals surface area (Å²) in [6.07, 6.45) is 6.39. The van der Waals surface area contributed by atoms with Crippen LogP contribution in [-0.2, 0) is 0 Å². The fraction of sp³-hybridized carbons (Fsp3) is 0.643. The molecule has 0 aliphatic carbocycles. The minimum Gasteiger partial charge on any atom is -0.370 e. The first-order valence-corrected chi connectivity index (χ1v) is 7.03. The number of anilines is 1. The van der Waals surface area contributed by atoms with Crippen LogP contribution in [0.2, 0.25) is 0 Å². The molecule has 0 atom stereocenters. The lowest BCUT2D eigenvalue weighted by molar-refractivity contribution is 0.150. The Kier molecular flexibility index (Phi) is 3.76. The zero-order valence-electron chi connectivity index (χ0n) is 10.9. The molecule has 18 heavy (non-hydrogen) atoms. The van der Waals surface area contributed by atoms with Crippen LogP contribution in [0.1, 0.15) is 12.8 Å². The monoisotopic (exact) mass is 246 g/mol. The lowest BCUT2D eigenvalue weighted by Gasteiger charge is -2.41. The van der Waals surface area contributed by atoms with Gasteiger partial charge in [0, 0.05) is 51.5 Å². The number of rotatable bonds is 2. The van der Waals surface area contributed by atoms with Gasteiger partial charge in [0.1, 0.15) is 0 Å². The Morgan fingerprint density at radius 3 is 2.56 bits per heavy atom. The van der Waals surface area contributed by atoms with Crippen LogP contribution in [0.5, 0.6) is 0 Å². The van der Waals surface area contributed by atoms with Crippen LogP contribution >= 0.6 is 0 Å². The van der Waals surface area contributed by atoms with E-state index in [1.54, 1.807) is 0 Å². The van der Waals surface area contributed by atoms with Gasteiger partial charge in [-0.1, -0.05) is 0 Å². The van der Waals surface area contributed by atoms with Gasteiger partial charge in [-0.05, 0) is 25.0 Å². The van der Waals surface area contributed by atoms with Crippen molar-refractivity contribution in [2.75, 3.05) is 44.2 Å². The van der Waals surface area contributed by atoms with E-state index in [2.05, 4.69) is 26.2 Å². The summed E-state index contributed by atoms with van der Waals surface area (Å²) in [4.78, 5) is 9.34. The molecule has 1 aromatic rings. The first kappa shape index (κ1) is 11.9. The van der Waals surface area contributed by atoms with Crippen molar-refractivity contribution < 1.29 is 0 Å². The fourth-order valence-electron chi connectivity index (χ4n) is 3.08. The summed E-state index contributed by atoms with van der Waals surface area (Å²) in [7, 11) is 0. The molecule has 0 saturated carbocycles. The van der Waals surface area contributed by atoms with Gasteiger partial charge in [0.05, 0.1) is 11.9 Å². The number of pyridine rings is 1. The van der Waals surface area contributed by atoms with E-state index in [1.165, 1.54) is 44.7 Å². The van der Waals surface area contributed by atoms with Gasteiger partial charge in [-0.25, -0.2) is 0 Å². The van der Waals surface area contributed by atoms with Gasteiger partial charge in [0.25, 0.3) is 0 Å². The molecule has 2 aliphatic rings. The summed E-state index contributed by atoms with van der Waals surface area (Å²) >= 11 is 0. The van der Waals surface area contributed by atoms with Gasteiger partial charge in [0.2, 0.25) is 0 Å². The molecule has 2 aliphatic heterocycles. The summed E-state index contributed by atoms with van der Waals surface area (Å²) in [5, 5.41) is 3.43. The van der Waals surface area contributed by atoms with E-state index in [-0.39, 0.29) is 0 Å². The maximum atomic E-state index is 4.21. The van der Waals surface area contributed by atoms with E-state index in [9.17, 15) is 0 Å². The van der Waals surface area contributed by atoms with Gasteiger partial charge in [-0.2, -0.15) is 0 Å². The van der Waals surface area contributed by atoms with E-state index in [4.69, 9.17) is 0 Å². The van der Waals surface area contributed by atoms with Gasteiger partial charge in [0.15, 0.2) is 0 Å². The Bertz CT molecular complexity index is 353. The Hall–Kier alpha value is -1.13. The second-order valence-corrected chi connectivity index (χ2v) is 5.22. The van der Waals surface area contributed by atoms with Crippen LogP contribution < -0.4 is 10.2 Å². The predicted octanol–water partition coefficient (Wildman–Crippen LogP) is 0.956. The first-order valence-electron chi connectivity index (χ1n) is 7.03. The smallest absolute Gasteiger partial charge is 0.0552 e. The fourth-order valence-corrected chi connectivity index (χ4v) is 3.08. The molecule has 2 fully saturated rings. The molecule has 3 rings (SSSR count). The van der Waals surface area contributed by atoms with Crippen molar-refractivity contribution in [3.63, 3.8) is 0 Å². The van der Waals surface area contributed by atoms with Crippen molar-refractivity contribution in [1.82, 2.24) is 15.2 Å². The molecule has 3 heterocycles. The van der Waals surface area contributed by atoms with Crippen molar-refractivity contribution in [3.05, 3.63) is 24.5 Å². The van der Waals surface area contributed by atoms with Crippen LogP contribution in [0, 0.1) is 0 Å². The molecule has 98 valence electrons. The molecule has 0 aromatic carbocycles. The Balaban J connectivity index is 1.54. The number of nitrogens with zero attached hydrogens (tertiary/aromatic N) is 3. The number of piperidine rings is 1. The minimum atomic E-state index is 0.792. The molecular formula is C14H22N4. The molecule has 1 aromatic heterocycles. The highest BCUT2D eigenvalue weighted by atomic mass is 15.2. The topological polar surface area (TPSA) is 31.4 Å². The van der Waals surface area contributed by atoms with E-state index < -0.39 is 0 Å². The third kappa shape index (κ3) is 2.65. The van der Waals surface area contributed by atoms with E-state index in [0.29, 0.717) is 0 Å². The number of hydrogen-bond donors (Lipinski definition) is 1. The minimum absolute atomic E-state index is 0.792. The van der Waals surface area contributed by atoms with Gasteiger partial charge < -0.3 is 10.2 Å². The largest absolute Gasteiger partial charge is 0.370 e. The summed E-state index contributed by atoms with van der Waals surface area (Å²) < 4.78 is 0. The molecule has 1 N–H and O–H groups in total. The molecule has 2 saturated heterocycles. The predicted molar refractivity (Wildman–Crippen MR) is 73.9 cm³/mol. The Morgan fingerprint density at radius 2 is 1.89 bits per heavy atom. The van der Waals surface area contributed by atoms with E-state index in [0.717, 1.165) is 19.1 Å². The molecule has 4 heteroatoms. The number of piperazine rings is 1. The summed E-state index contributed by atoms with van der Waals surface area (Å²) in [6, 6.07) is 4.98. The average molecular weight is 246 g/mol. The molecule has 0 spiro atoms. The normalized spacial score (nSPS) is 23.2. The molecule has 0 amide bonds. The standard InChI is InChI=1S/C14H22N4/c1-2-14(12-16-5-1)17-8-3-13(4-9-17)18-10-6-15-7-11-18/h1-2,5,12-13,15H,3-4,6-11H2. The van der Waals surface area contributed by atoms with Crippen molar-refractivity contribution in [3.8, 4) is 0 Å². The third-order valence-corrected chi connectivity index (χ3v) is 4.14. The SMILES string of the molecule is c1cncc(N2CCC(N3CCNCC3)CC2)c1. The summed E-state index contributed by atoms with van der Waals surface area (Å²) in [5.41, 5.74) is 1.27. The van der Waals surface area contributed by atoms with Crippen LogP contribution in [0.15, 0.2) is 24.5 Å². The van der Waals surface area contributed by atoms with E-state index >= 15 is 0 Å². The van der Waals surface area contributed by atoms with Crippen LogP contribution in [0.3, 0.4) is 0 Å². The lowest BCUT2D eigenvalue weighted by atomic mass is 10.0. The maximum absolute atomic E-state index is 4.21. The van der Waals surface area contributed by atoms with E-state index in [1.807, 2.05) is 18.5 Å². The second-order valence-electron chi connectivity index (χ2n) is 5.22. The number of nitrogens with one attached hydrogen (secondary N) is 1. The second kappa shape index (κ2) is 5.67. The van der Waals surface area contributed by atoms with Crippen LogP contribution in [-0.4, -0.2) is 55.2 Å². The van der Waals surface area contributed by atoms with Gasteiger partial charge >= 0.3 is 0 Å². The lowest BCUT2D eigenvalue weighted by Crippen LogP contribution is -2.52.